The SMILES string of the molecule is CCc1cc(Br)ccc1NC(=O)CC(C)CC(C)(C)C. The summed E-state index contributed by atoms with van der Waals surface area (Å²) < 4.78 is 1.05. The molecule has 0 bridgehead atoms. The van der Waals surface area contributed by atoms with Gasteiger partial charge in [0, 0.05) is 16.6 Å². The Morgan fingerprint density at radius 2 is 2.00 bits per heavy atom. The van der Waals surface area contributed by atoms with Crippen molar-refractivity contribution in [3.63, 3.8) is 0 Å². The van der Waals surface area contributed by atoms with Crippen molar-refractivity contribution in [3.8, 4) is 0 Å². The van der Waals surface area contributed by atoms with E-state index in [1.54, 1.807) is 0 Å². The van der Waals surface area contributed by atoms with E-state index in [2.05, 4.69) is 61.9 Å². The molecule has 1 rings (SSSR count). The van der Waals surface area contributed by atoms with Crippen LogP contribution in [0.1, 0.15) is 53.0 Å². The minimum atomic E-state index is 0.110. The third kappa shape index (κ3) is 6.08. The Kier molecular flexibility index (Phi) is 6.25. The summed E-state index contributed by atoms with van der Waals surface area (Å²) in [5, 5.41) is 3.05. The number of benzene rings is 1. The molecule has 1 N–H and O–H groups in total. The van der Waals surface area contributed by atoms with Crippen molar-refractivity contribution in [2.45, 2.75) is 53.9 Å². The summed E-state index contributed by atoms with van der Waals surface area (Å²) in [6.45, 7) is 10.9. The van der Waals surface area contributed by atoms with Crippen molar-refractivity contribution in [1.82, 2.24) is 0 Å². The molecule has 112 valence electrons. The number of hydrogen-bond donors (Lipinski definition) is 1. The second kappa shape index (κ2) is 7.26. The molecule has 0 saturated carbocycles. The van der Waals surface area contributed by atoms with E-state index in [0.29, 0.717) is 12.3 Å². The third-order valence-corrected chi connectivity index (χ3v) is 3.71. The smallest absolute Gasteiger partial charge is 0.224 e. The Morgan fingerprint density at radius 1 is 1.35 bits per heavy atom. The molecular weight excluding hydrogens is 314 g/mol. The van der Waals surface area contributed by atoms with Gasteiger partial charge in [0.05, 0.1) is 0 Å². The minimum Gasteiger partial charge on any atom is -0.326 e. The molecule has 1 unspecified atom stereocenters. The Morgan fingerprint density at radius 3 is 2.55 bits per heavy atom. The average Bonchev–Trinajstić information content (AvgIpc) is 2.28. The first-order valence-electron chi connectivity index (χ1n) is 7.29. The first-order valence-corrected chi connectivity index (χ1v) is 8.09. The van der Waals surface area contributed by atoms with Crippen molar-refractivity contribution in [2.24, 2.45) is 11.3 Å². The van der Waals surface area contributed by atoms with E-state index in [1.165, 1.54) is 0 Å². The predicted octanol–water partition coefficient (Wildman–Crippen LogP) is 5.41. The number of amides is 1. The highest BCUT2D eigenvalue weighted by Gasteiger charge is 2.18. The summed E-state index contributed by atoms with van der Waals surface area (Å²) in [5.41, 5.74) is 2.37. The fourth-order valence-electron chi connectivity index (χ4n) is 2.61. The second-order valence-corrected chi connectivity index (χ2v) is 7.69. The summed E-state index contributed by atoms with van der Waals surface area (Å²) in [6.07, 6.45) is 2.55. The van der Waals surface area contributed by atoms with Crippen LogP contribution in [0.15, 0.2) is 22.7 Å². The van der Waals surface area contributed by atoms with E-state index in [0.717, 1.165) is 28.6 Å². The number of halogens is 1. The molecule has 0 aromatic heterocycles. The van der Waals surface area contributed by atoms with Crippen LogP contribution in [0.2, 0.25) is 0 Å². The summed E-state index contributed by atoms with van der Waals surface area (Å²) in [6, 6.07) is 6.00. The molecule has 0 saturated heterocycles. The molecule has 0 aliphatic carbocycles. The van der Waals surface area contributed by atoms with Crippen LogP contribution in [0, 0.1) is 11.3 Å². The van der Waals surface area contributed by atoms with Gasteiger partial charge in [-0.3, -0.25) is 4.79 Å². The van der Waals surface area contributed by atoms with Crippen LogP contribution < -0.4 is 5.32 Å². The number of anilines is 1. The molecular formula is C17H26BrNO. The minimum absolute atomic E-state index is 0.110. The normalized spacial score (nSPS) is 13.1. The molecule has 0 aliphatic heterocycles. The molecule has 0 radical (unpaired) electrons. The summed E-state index contributed by atoms with van der Waals surface area (Å²) in [5.74, 6) is 0.509. The standard InChI is InChI=1S/C17H26BrNO/c1-6-13-10-14(18)7-8-15(13)19-16(20)9-12(2)11-17(3,4)5/h7-8,10,12H,6,9,11H2,1-5H3,(H,19,20). The monoisotopic (exact) mass is 339 g/mol. The Hall–Kier alpha value is -0.830. The van der Waals surface area contributed by atoms with Gasteiger partial charge in [-0.1, -0.05) is 50.5 Å². The van der Waals surface area contributed by atoms with Gasteiger partial charge in [0.1, 0.15) is 0 Å². The van der Waals surface area contributed by atoms with Gasteiger partial charge in [-0.2, -0.15) is 0 Å². The van der Waals surface area contributed by atoms with Gasteiger partial charge in [-0.05, 0) is 47.9 Å². The van der Waals surface area contributed by atoms with Gasteiger partial charge < -0.3 is 5.32 Å². The highest BCUT2D eigenvalue weighted by Crippen LogP contribution is 2.27. The Balaban J connectivity index is 2.63. The molecule has 20 heavy (non-hydrogen) atoms. The predicted molar refractivity (Wildman–Crippen MR) is 90.0 cm³/mol. The number of rotatable bonds is 5. The van der Waals surface area contributed by atoms with E-state index in [9.17, 15) is 4.79 Å². The highest BCUT2D eigenvalue weighted by atomic mass is 79.9. The van der Waals surface area contributed by atoms with Crippen LogP contribution in [0.5, 0.6) is 0 Å². The van der Waals surface area contributed by atoms with Crippen LogP contribution >= 0.6 is 15.9 Å². The number of aryl methyl sites for hydroxylation is 1. The van der Waals surface area contributed by atoms with E-state index < -0.39 is 0 Å². The second-order valence-electron chi connectivity index (χ2n) is 6.78. The zero-order valence-corrected chi connectivity index (χ0v) is 14.8. The van der Waals surface area contributed by atoms with Crippen LogP contribution in [0.3, 0.4) is 0 Å². The Bertz CT molecular complexity index is 463. The van der Waals surface area contributed by atoms with E-state index in [-0.39, 0.29) is 11.3 Å². The maximum atomic E-state index is 12.1. The fraction of sp³-hybridized carbons (Fsp3) is 0.588. The molecule has 1 aromatic carbocycles. The lowest BCUT2D eigenvalue weighted by Gasteiger charge is -2.23. The van der Waals surface area contributed by atoms with Gasteiger partial charge in [-0.15, -0.1) is 0 Å². The van der Waals surface area contributed by atoms with Crippen LogP contribution in [-0.4, -0.2) is 5.91 Å². The topological polar surface area (TPSA) is 29.1 Å². The van der Waals surface area contributed by atoms with E-state index in [1.807, 2.05) is 12.1 Å². The number of nitrogens with one attached hydrogen (secondary N) is 1. The molecule has 1 amide bonds. The van der Waals surface area contributed by atoms with Crippen LogP contribution in [0.25, 0.3) is 0 Å². The lowest BCUT2D eigenvalue weighted by Crippen LogP contribution is -2.19. The maximum absolute atomic E-state index is 12.1. The highest BCUT2D eigenvalue weighted by molar-refractivity contribution is 9.10. The summed E-state index contributed by atoms with van der Waals surface area (Å²) in [7, 11) is 0. The molecule has 0 spiro atoms. The van der Waals surface area contributed by atoms with Crippen LogP contribution in [0.4, 0.5) is 5.69 Å². The lowest BCUT2D eigenvalue weighted by atomic mass is 9.84. The zero-order chi connectivity index (χ0) is 15.3. The van der Waals surface area contributed by atoms with Crippen molar-refractivity contribution >= 4 is 27.5 Å². The lowest BCUT2D eigenvalue weighted by molar-refractivity contribution is -0.117. The molecule has 1 atom stereocenters. The number of hydrogen-bond acceptors (Lipinski definition) is 1. The van der Waals surface area contributed by atoms with Crippen molar-refractivity contribution in [1.29, 1.82) is 0 Å². The maximum Gasteiger partial charge on any atom is 0.224 e. The van der Waals surface area contributed by atoms with Gasteiger partial charge in [0.25, 0.3) is 0 Å². The van der Waals surface area contributed by atoms with Gasteiger partial charge in [0.15, 0.2) is 0 Å². The molecule has 0 aliphatic rings. The van der Waals surface area contributed by atoms with Crippen molar-refractivity contribution in [2.75, 3.05) is 5.32 Å². The van der Waals surface area contributed by atoms with Crippen LogP contribution in [-0.2, 0) is 11.2 Å². The number of carbonyl (C=O) groups excluding carboxylic acids is 1. The fourth-order valence-corrected chi connectivity index (χ4v) is 3.02. The average molecular weight is 340 g/mol. The molecule has 0 fully saturated rings. The van der Waals surface area contributed by atoms with Crippen molar-refractivity contribution < 1.29 is 4.79 Å². The molecule has 1 aromatic rings. The first-order chi connectivity index (χ1) is 9.21. The quantitative estimate of drug-likeness (QED) is 0.763. The molecule has 0 heterocycles. The van der Waals surface area contributed by atoms with Gasteiger partial charge in [0.2, 0.25) is 5.91 Å². The van der Waals surface area contributed by atoms with E-state index in [4.69, 9.17) is 0 Å². The number of carbonyl (C=O) groups is 1. The van der Waals surface area contributed by atoms with Crippen molar-refractivity contribution in [3.05, 3.63) is 28.2 Å². The molecule has 3 heteroatoms. The summed E-state index contributed by atoms with van der Waals surface area (Å²) >= 11 is 3.46. The van der Waals surface area contributed by atoms with E-state index >= 15 is 0 Å². The first kappa shape index (κ1) is 17.2. The largest absolute Gasteiger partial charge is 0.326 e. The van der Waals surface area contributed by atoms with Gasteiger partial charge in [-0.25, -0.2) is 0 Å². The zero-order valence-electron chi connectivity index (χ0n) is 13.2. The third-order valence-electron chi connectivity index (χ3n) is 3.22. The Labute approximate surface area is 131 Å². The molecule has 2 nitrogen and oxygen atoms in total. The summed E-state index contributed by atoms with van der Waals surface area (Å²) in [4.78, 5) is 12.1. The van der Waals surface area contributed by atoms with Gasteiger partial charge >= 0.3 is 0 Å².